The molecule has 0 bridgehead atoms. The van der Waals surface area contributed by atoms with Gasteiger partial charge in [-0.3, -0.25) is 0 Å². The average Bonchev–Trinajstić information content (AvgIpc) is 2.67. The smallest absolute Gasteiger partial charge is 0.145 e. The highest BCUT2D eigenvalue weighted by molar-refractivity contribution is 14.1. The minimum atomic E-state index is 0.276. The lowest BCUT2D eigenvalue weighted by molar-refractivity contribution is 0.238. The molecule has 2 rings (SSSR count). The van der Waals surface area contributed by atoms with Gasteiger partial charge in [0, 0.05) is 31.8 Å². The van der Waals surface area contributed by atoms with Crippen molar-refractivity contribution in [1.29, 1.82) is 0 Å². The lowest BCUT2D eigenvalue weighted by Gasteiger charge is -2.17. The summed E-state index contributed by atoms with van der Waals surface area (Å²) < 4.78 is 1.07. The third-order valence-corrected chi connectivity index (χ3v) is 3.25. The number of aromatic nitrogens is 2. The van der Waals surface area contributed by atoms with Crippen molar-refractivity contribution in [3.63, 3.8) is 0 Å². The topological polar surface area (TPSA) is 49.2 Å². The van der Waals surface area contributed by atoms with Crippen molar-refractivity contribution >= 4 is 28.4 Å². The molecule has 0 spiro atoms. The lowest BCUT2D eigenvalue weighted by Crippen LogP contribution is -2.22. The van der Waals surface area contributed by atoms with Crippen LogP contribution in [0.5, 0.6) is 0 Å². The third kappa shape index (κ3) is 1.98. The molecular weight excluding hydrogens is 293 g/mol. The van der Waals surface area contributed by atoms with Crippen molar-refractivity contribution in [2.45, 2.75) is 6.42 Å². The fourth-order valence-electron chi connectivity index (χ4n) is 1.71. The number of halogens is 1. The van der Waals surface area contributed by atoms with E-state index in [1.807, 2.05) is 6.20 Å². The monoisotopic (exact) mass is 305 g/mol. The Labute approximate surface area is 96.5 Å². The van der Waals surface area contributed by atoms with E-state index in [9.17, 15) is 0 Å². The van der Waals surface area contributed by atoms with E-state index >= 15 is 0 Å². The Morgan fingerprint density at radius 1 is 1.64 bits per heavy atom. The molecule has 2 heterocycles. The maximum Gasteiger partial charge on any atom is 0.145 e. The maximum absolute atomic E-state index is 9.04. The molecule has 1 aromatic rings. The van der Waals surface area contributed by atoms with Gasteiger partial charge < -0.3 is 10.0 Å². The number of hydrogen-bond donors (Lipinski definition) is 1. The van der Waals surface area contributed by atoms with Crippen LogP contribution in [0.2, 0.25) is 0 Å². The van der Waals surface area contributed by atoms with Crippen LogP contribution in [0.15, 0.2) is 12.5 Å². The molecule has 1 N–H and O–H groups in total. The van der Waals surface area contributed by atoms with E-state index in [1.54, 1.807) is 6.33 Å². The van der Waals surface area contributed by atoms with Crippen LogP contribution in [-0.4, -0.2) is 34.8 Å². The molecule has 0 aromatic carbocycles. The van der Waals surface area contributed by atoms with E-state index < -0.39 is 0 Å². The number of hydrogen-bond acceptors (Lipinski definition) is 4. The summed E-state index contributed by atoms with van der Waals surface area (Å²) in [6.07, 6.45) is 4.44. The van der Waals surface area contributed by atoms with Gasteiger partial charge in [-0.05, 0) is 29.0 Å². The van der Waals surface area contributed by atoms with Crippen LogP contribution in [0.1, 0.15) is 6.42 Å². The Kier molecular flexibility index (Phi) is 3.17. The molecule has 0 saturated carbocycles. The van der Waals surface area contributed by atoms with E-state index in [0.717, 1.165) is 28.9 Å². The van der Waals surface area contributed by atoms with E-state index in [2.05, 4.69) is 37.5 Å². The summed E-state index contributed by atoms with van der Waals surface area (Å²) in [5, 5.41) is 9.04. The summed E-state index contributed by atoms with van der Waals surface area (Å²) in [7, 11) is 0. The zero-order chi connectivity index (χ0) is 9.97. The predicted octanol–water partition coefficient (Wildman–Crippen LogP) is 0.900. The van der Waals surface area contributed by atoms with Gasteiger partial charge in [-0.15, -0.1) is 0 Å². The highest BCUT2D eigenvalue weighted by Crippen LogP contribution is 2.24. The van der Waals surface area contributed by atoms with Gasteiger partial charge in [0.1, 0.15) is 12.1 Å². The predicted molar refractivity (Wildman–Crippen MR) is 62.2 cm³/mol. The molecule has 76 valence electrons. The van der Waals surface area contributed by atoms with E-state index in [4.69, 9.17) is 5.11 Å². The number of aliphatic hydroxyl groups excluding tert-OH is 1. The molecule has 1 saturated heterocycles. The molecular formula is C9H12IN3O. The molecule has 14 heavy (non-hydrogen) atoms. The van der Waals surface area contributed by atoms with Crippen molar-refractivity contribution < 1.29 is 5.11 Å². The summed E-state index contributed by atoms with van der Waals surface area (Å²) in [6, 6.07) is 0. The van der Waals surface area contributed by atoms with Crippen molar-refractivity contribution in [3.05, 3.63) is 16.1 Å². The van der Waals surface area contributed by atoms with Crippen LogP contribution < -0.4 is 4.90 Å². The van der Waals surface area contributed by atoms with Gasteiger partial charge in [0.25, 0.3) is 0 Å². The van der Waals surface area contributed by atoms with Crippen molar-refractivity contribution in [2.24, 2.45) is 5.92 Å². The number of anilines is 1. The Bertz CT molecular complexity index is 321. The van der Waals surface area contributed by atoms with Crippen LogP contribution in [0.25, 0.3) is 0 Å². The zero-order valence-corrected chi connectivity index (χ0v) is 9.88. The summed E-state index contributed by atoms with van der Waals surface area (Å²) in [5.74, 6) is 1.40. The van der Waals surface area contributed by atoms with Crippen LogP contribution in [0.4, 0.5) is 5.82 Å². The first-order chi connectivity index (χ1) is 6.81. The van der Waals surface area contributed by atoms with Crippen LogP contribution in [0.3, 0.4) is 0 Å². The van der Waals surface area contributed by atoms with E-state index in [-0.39, 0.29) is 6.61 Å². The Morgan fingerprint density at radius 3 is 3.14 bits per heavy atom. The highest BCUT2D eigenvalue weighted by Gasteiger charge is 2.23. The van der Waals surface area contributed by atoms with Gasteiger partial charge in [0.05, 0.1) is 3.57 Å². The molecule has 1 atom stereocenters. The molecule has 0 amide bonds. The van der Waals surface area contributed by atoms with Crippen molar-refractivity contribution in [2.75, 3.05) is 24.6 Å². The number of aliphatic hydroxyl groups is 1. The first kappa shape index (κ1) is 10.1. The second kappa shape index (κ2) is 4.39. The molecule has 1 aromatic heterocycles. The van der Waals surface area contributed by atoms with E-state index in [0.29, 0.717) is 5.92 Å². The fourth-order valence-corrected chi connectivity index (χ4v) is 2.35. The SMILES string of the molecule is OCC1CCN(c2ncncc2I)C1. The molecule has 0 radical (unpaired) electrons. The van der Waals surface area contributed by atoms with Crippen molar-refractivity contribution in [3.8, 4) is 0 Å². The number of nitrogens with zero attached hydrogens (tertiary/aromatic N) is 3. The van der Waals surface area contributed by atoms with Crippen molar-refractivity contribution in [1.82, 2.24) is 9.97 Å². The molecule has 0 aliphatic carbocycles. The lowest BCUT2D eigenvalue weighted by atomic mass is 10.1. The third-order valence-electron chi connectivity index (χ3n) is 2.49. The largest absolute Gasteiger partial charge is 0.396 e. The maximum atomic E-state index is 9.04. The van der Waals surface area contributed by atoms with Crippen LogP contribution >= 0.6 is 22.6 Å². The minimum absolute atomic E-state index is 0.276. The summed E-state index contributed by atoms with van der Waals surface area (Å²) in [4.78, 5) is 10.4. The average molecular weight is 305 g/mol. The van der Waals surface area contributed by atoms with Crippen LogP contribution in [-0.2, 0) is 0 Å². The Balaban J connectivity index is 2.13. The van der Waals surface area contributed by atoms with Gasteiger partial charge >= 0.3 is 0 Å². The first-order valence-electron chi connectivity index (χ1n) is 4.62. The molecule has 1 unspecified atom stereocenters. The normalized spacial score (nSPS) is 21.6. The summed E-state index contributed by atoms with van der Waals surface area (Å²) in [5.41, 5.74) is 0. The fraction of sp³-hybridized carbons (Fsp3) is 0.556. The van der Waals surface area contributed by atoms with Gasteiger partial charge in [0.2, 0.25) is 0 Å². The molecule has 1 aliphatic rings. The molecule has 4 nitrogen and oxygen atoms in total. The standard InChI is InChI=1S/C9H12IN3O/c10-8-3-11-6-12-9(8)13-2-1-7(4-13)5-14/h3,6-7,14H,1-2,4-5H2. The first-order valence-corrected chi connectivity index (χ1v) is 5.70. The highest BCUT2D eigenvalue weighted by atomic mass is 127. The minimum Gasteiger partial charge on any atom is -0.396 e. The number of rotatable bonds is 2. The zero-order valence-electron chi connectivity index (χ0n) is 7.73. The van der Waals surface area contributed by atoms with Crippen LogP contribution in [0, 0.1) is 9.49 Å². The van der Waals surface area contributed by atoms with E-state index in [1.165, 1.54) is 0 Å². The second-order valence-corrected chi connectivity index (χ2v) is 4.64. The Hall–Kier alpha value is -0.430. The molecule has 1 aliphatic heterocycles. The van der Waals surface area contributed by atoms with Gasteiger partial charge in [-0.1, -0.05) is 0 Å². The van der Waals surface area contributed by atoms with Gasteiger partial charge in [-0.25, -0.2) is 9.97 Å². The molecule has 5 heteroatoms. The quantitative estimate of drug-likeness (QED) is 0.825. The van der Waals surface area contributed by atoms with Gasteiger partial charge in [0.15, 0.2) is 0 Å². The second-order valence-electron chi connectivity index (χ2n) is 3.48. The Morgan fingerprint density at radius 2 is 2.50 bits per heavy atom. The summed E-state index contributed by atoms with van der Waals surface area (Å²) >= 11 is 2.24. The molecule has 1 fully saturated rings. The van der Waals surface area contributed by atoms with Gasteiger partial charge in [-0.2, -0.15) is 0 Å². The summed E-state index contributed by atoms with van der Waals surface area (Å²) in [6.45, 7) is 2.17.